The van der Waals surface area contributed by atoms with Gasteiger partial charge < -0.3 is 5.53 Å². The Morgan fingerprint density at radius 1 is 1.55 bits per heavy atom. The van der Waals surface area contributed by atoms with Crippen molar-refractivity contribution in [1.29, 1.82) is 0 Å². The minimum Gasteiger partial charge on any atom is -0.502 e. The summed E-state index contributed by atoms with van der Waals surface area (Å²) in [4.78, 5) is 9.64. The fourth-order valence-electron chi connectivity index (χ4n) is 0.689. The van der Waals surface area contributed by atoms with E-state index < -0.39 is 4.92 Å². The van der Waals surface area contributed by atoms with Gasteiger partial charge in [0.15, 0.2) is 5.69 Å². The highest BCUT2D eigenvalue weighted by atomic mass is 16.6. The zero-order valence-corrected chi connectivity index (χ0v) is 5.52. The van der Waals surface area contributed by atoms with Crippen LogP contribution in [0, 0.1) is 10.1 Å². The van der Waals surface area contributed by atoms with Gasteiger partial charge in [-0.1, -0.05) is 0 Å². The van der Waals surface area contributed by atoms with E-state index in [1.807, 2.05) is 5.11 Å². The van der Waals surface area contributed by atoms with Crippen molar-refractivity contribution in [1.82, 2.24) is 0 Å². The maximum atomic E-state index is 10.2. The molecule has 0 spiro atoms. The van der Waals surface area contributed by atoms with E-state index in [9.17, 15) is 10.1 Å². The molecule has 0 saturated carbocycles. The number of nitrogens with one attached hydrogen (secondary N) is 1. The van der Waals surface area contributed by atoms with Gasteiger partial charge in [-0.25, -0.2) is 0 Å². The predicted octanol–water partition coefficient (Wildman–Crippen LogP) is 0.328. The van der Waals surface area contributed by atoms with Gasteiger partial charge in [-0.3, -0.25) is 15.2 Å². The van der Waals surface area contributed by atoms with E-state index in [2.05, 4.69) is 0 Å². The molecule has 0 unspecified atom stereocenters. The summed E-state index contributed by atoms with van der Waals surface area (Å²) in [6.45, 7) is 0. The van der Waals surface area contributed by atoms with Gasteiger partial charge in [0.2, 0.25) is 0 Å². The molecular weight excluding hydrogens is 146 g/mol. The van der Waals surface area contributed by atoms with Gasteiger partial charge in [0.25, 0.3) is 5.69 Å². The minimum absolute atomic E-state index is 0.0518. The Hall–Kier alpha value is -1.78. The van der Waals surface area contributed by atoms with Gasteiger partial charge in [-0.15, -0.1) is 0 Å². The number of benzene rings is 1. The first kappa shape index (κ1) is 7.33. The Bertz CT molecular complexity index is 298. The maximum absolute atomic E-state index is 10.2. The van der Waals surface area contributed by atoms with Crippen molar-refractivity contribution < 1.29 is 10.0 Å². The summed E-state index contributed by atoms with van der Waals surface area (Å²) in [6.07, 6.45) is 0. The fraction of sp³-hybridized carbons (Fsp3) is 0. The first-order valence-electron chi connectivity index (χ1n) is 2.88. The van der Waals surface area contributed by atoms with Crippen LogP contribution in [0.2, 0.25) is 0 Å². The summed E-state index contributed by atoms with van der Waals surface area (Å²) < 4.78 is 0. The Labute approximate surface area is 62.3 Å². The second kappa shape index (κ2) is 2.87. The molecule has 0 atom stereocenters. The Kier molecular flexibility index (Phi) is 1.91. The van der Waals surface area contributed by atoms with E-state index in [1.165, 1.54) is 24.3 Å². The van der Waals surface area contributed by atoms with Crippen molar-refractivity contribution in [2.45, 2.75) is 0 Å². The second-order valence-electron chi connectivity index (χ2n) is 1.92. The second-order valence-corrected chi connectivity index (χ2v) is 1.92. The van der Waals surface area contributed by atoms with Crippen LogP contribution in [0.3, 0.4) is 0 Å². The summed E-state index contributed by atoms with van der Waals surface area (Å²) >= 11 is 0. The van der Waals surface area contributed by atoms with Crippen LogP contribution in [0.15, 0.2) is 24.3 Å². The van der Waals surface area contributed by atoms with Crippen LogP contribution in [0.1, 0.15) is 0 Å². The molecule has 0 amide bonds. The molecule has 5 heteroatoms. The lowest BCUT2D eigenvalue weighted by molar-refractivity contribution is -0.392. The number of nitrogens with zero attached hydrogens (tertiary/aromatic N) is 2. The fourth-order valence-corrected chi connectivity index (χ4v) is 0.689. The number of hydrogen-bond donors (Lipinski definition) is 1. The third kappa shape index (κ3) is 1.57. The van der Waals surface area contributed by atoms with Crippen molar-refractivity contribution in [3.05, 3.63) is 39.9 Å². The molecular formula is C6H5N3O2. The van der Waals surface area contributed by atoms with E-state index in [4.69, 9.17) is 5.53 Å². The van der Waals surface area contributed by atoms with Crippen LogP contribution in [-0.4, -0.2) is 4.92 Å². The Balaban J connectivity index is 3.10. The summed E-state index contributed by atoms with van der Waals surface area (Å²) in [5.74, 6) is 0. The smallest absolute Gasteiger partial charge is 0.276 e. The van der Waals surface area contributed by atoms with Crippen LogP contribution < -0.4 is 5.11 Å². The third-order valence-corrected chi connectivity index (χ3v) is 1.19. The monoisotopic (exact) mass is 151 g/mol. The van der Waals surface area contributed by atoms with E-state index in [0.717, 1.165) is 0 Å². The molecule has 0 aliphatic rings. The standard InChI is InChI=1S/C6H5N3O2/c7-8-5-2-1-3-6(4-5)9(10)11/h1-4,8H. The zero-order valence-electron chi connectivity index (χ0n) is 5.52. The number of non-ortho nitro benzene ring substituents is 1. The lowest BCUT2D eigenvalue weighted by Gasteiger charge is -1.89. The molecule has 0 bridgehead atoms. The van der Waals surface area contributed by atoms with E-state index >= 15 is 0 Å². The first-order chi connectivity index (χ1) is 5.24. The van der Waals surface area contributed by atoms with Gasteiger partial charge in [-0.2, -0.15) is 0 Å². The predicted molar refractivity (Wildman–Crippen MR) is 37.1 cm³/mol. The van der Waals surface area contributed by atoms with Crippen molar-refractivity contribution in [2.75, 3.05) is 0 Å². The van der Waals surface area contributed by atoms with Crippen molar-refractivity contribution in [3.63, 3.8) is 0 Å². The largest absolute Gasteiger partial charge is 0.502 e. The molecule has 1 rings (SSSR count). The average Bonchev–Trinajstić information content (AvgIpc) is 2.05. The summed E-state index contributed by atoms with van der Waals surface area (Å²) in [7, 11) is 0. The molecule has 0 saturated heterocycles. The van der Waals surface area contributed by atoms with Crippen molar-refractivity contribution in [3.8, 4) is 0 Å². The molecule has 0 radical (unpaired) electrons. The molecule has 5 nitrogen and oxygen atoms in total. The molecule has 1 aromatic rings. The van der Waals surface area contributed by atoms with Crippen molar-refractivity contribution in [2.24, 2.45) is 0 Å². The third-order valence-electron chi connectivity index (χ3n) is 1.19. The SMILES string of the molecule is [N-]=[NH+]c1cccc([N+](=O)[O-])c1. The van der Waals surface area contributed by atoms with Crippen LogP contribution in [0.5, 0.6) is 0 Å². The molecule has 0 heterocycles. The number of nitro groups is 1. The van der Waals surface area contributed by atoms with Crippen LogP contribution >= 0.6 is 0 Å². The topological polar surface area (TPSA) is 79.4 Å². The van der Waals surface area contributed by atoms with Gasteiger partial charge in [0, 0.05) is 12.1 Å². The zero-order chi connectivity index (χ0) is 8.27. The molecule has 1 aromatic carbocycles. The van der Waals surface area contributed by atoms with Crippen LogP contribution in [0.4, 0.5) is 11.4 Å². The minimum atomic E-state index is -0.527. The Morgan fingerprint density at radius 2 is 2.27 bits per heavy atom. The van der Waals surface area contributed by atoms with E-state index in [-0.39, 0.29) is 5.69 Å². The molecule has 0 aromatic heterocycles. The Morgan fingerprint density at radius 3 is 2.82 bits per heavy atom. The van der Waals surface area contributed by atoms with Crippen molar-refractivity contribution >= 4 is 11.4 Å². The molecule has 56 valence electrons. The average molecular weight is 151 g/mol. The lowest BCUT2D eigenvalue weighted by Crippen LogP contribution is -2.54. The summed E-state index contributed by atoms with van der Waals surface area (Å²) in [5, 5.41) is 12.0. The quantitative estimate of drug-likeness (QED) is 0.375. The number of rotatable bonds is 2. The van der Waals surface area contributed by atoms with E-state index in [1.54, 1.807) is 0 Å². The first-order valence-corrected chi connectivity index (χ1v) is 2.88. The number of nitro benzene ring substituents is 1. The van der Waals surface area contributed by atoms with Gasteiger partial charge >= 0.3 is 0 Å². The van der Waals surface area contributed by atoms with Gasteiger partial charge in [0.05, 0.1) is 11.0 Å². The number of hydrogen-bond acceptors (Lipinski definition) is 2. The molecule has 0 aliphatic carbocycles. The lowest BCUT2D eigenvalue weighted by atomic mass is 10.3. The normalized spacial score (nSPS) is 9.09. The van der Waals surface area contributed by atoms with Gasteiger partial charge in [0.1, 0.15) is 0 Å². The highest BCUT2D eigenvalue weighted by Gasteiger charge is 2.05. The highest BCUT2D eigenvalue weighted by molar-refractivity contribution is 5.41. The van der Waals surface area contributed by atoms with Crippen LogP contribution in [0.25, 0.3) is 5.53 Å². The highest BCUT2D eigenvalue weighted by Crippen LogP contribution is 2.12. The molecule has 0 fully saturated rings. The molecule has 0 aliphatic heterocycles. The van der Waals surface area contributed by atoms with E-state index in [0.29, 0.717) is 5.69 Å². The summed E-state index contributed by atoms with van der Waals surface area (Å²) in [5.41, 5.74) is 8.62. The van der Waals surface area contributed by atoms with Crippen LogP contribution in [-0.2, 0) is 0 Å². The maximum Gasteiger partial charge on any atom is 0.276 e. The molecule has 1 N–H and O–H groups in total. The molecule has 11 heavy (non-hydrogen) atoms. The summed E-state index contributed by atoms with van der Waals surface area (Å²) in [6, 6.07) is 5.59. The van der Waals surface area contributed by atoms with Gasteiger partial charge in [-0.05, 0) is 6.07 Å².